The Balaban J connectivity index is 1.31. The largest absolute Gasteiger partial charge is 0.454 e. The Hall–Kier alpha value is -2.69. The fourth-order valence-electron chi connectivity index (χ4n) is 3.75. The van der Waals surface area contributed by atoms with E-state index in [4.69, 9.17) is 9.47 Å². The maximum absolute atomic E-state index is 12.9. The predicted molar refractivity (Wildman–Crippen MR) is 117 cm³/mol. The van der Waals surface area contributed by atoms with E-state index in [2.05, 4.69) is 10.3 Å². The number of benzene rings is 2. The molecular formula is C21H21N3O5S2. The van der Waals surface area contributed by atoms with Crippen LogP contribution in [0.3, 0.4) is 0 Å². The molecular weight excluding hydrogens is 438 g/mol. The minimum Gasteiger partial charge on any atom is -0.454 e. The monoisotopic (exact) mass is 459 g/mol. The Kier molecular flexibility index (Phi) is 5.28. The van der Waals surface area contributed by atoms with E-state index in [0.29, 0.717) is 40.8 Å². The maximum Gasteiger partial charge on any atom is 0.257 e. The van der Waals surface area contributed by atoms with Crippen molar-refractivity contribution < 1.29 is 22.7 Å². The number of nitrogens with zero attached hydrogens (tertiary/aromatic N) is 2. The highest BCUT2D eigenvalue weighted by atomic mass is 32.2. The molecule has 1 saturated heterocycles. The molecule has 2 aliphatic heterocycles. The summed E-state index contributed by atoms with van der Waals surface area (Å²) >= 11 is 1.33. The second-order valence-corrected chi connectivity index (χ2v) is 10.5. The van der Waals surface area contributed by atoms with Crippen LogP contribution in [0.15, 0.2) is 41.3 Å². The predicted octanol–water partition coefficient (Wildman–Crippen LogP) is 3.84. The van der Waals surface area contributed by atoms with Crippen LogP contribution >= 0.6 is 11.3 Å². The normalized spacial score (nSPS) is 16.9. The minimum absolute atomic E-state index is 0.194. The molecule has 1 N–H and O–H groups in total. The van der Waals surface area contributed by atoms with Crippen molar-refractivity contribution in [3.63, 3.8) is 0 Å². The first kappa shape index (κ1) is 20.2. The number of amides is 1. The molecule has 3 heterocycles. The van der Waals surface area contributed by atoms with Crippen LogP contribution in [0.5, 0.6) is 11.5 Å². The van der Waals surface area contributed by atoms with Crippen LogP contribution in [-0.4, -0.2) is 43.5 Å². The van der Waals surface area contributed by atoms with Gasteiger partial charge < -0.3 is 9.47 Å². The number of fused-ring (bicyclic) bond motifs is 2. The third kappa shape index (κ3) is 3.98. The number of carbonyl (C=O) groups is 1. The SMILES string of the molecule is O=C(Nc1nc2cc3c(cc2s1)OCO3)c1ccc(S(=O)(=O)N2CCCCCC2)cc1. The molecule has 0 atom stereocenters. The average Bonchev–Trinajstić information content (AvgIpc) is 3.26. The summed E-state index contributed by atoms with van der Waals surface area (Å²) in [5.41, 5.74) is 1.08. The molecule has 31 heavy (non-hydrogen) atoms. The molecule has 0 saturated carbocycles. The Bertz CT molecular complexity index is 1190. The van der Waals surface area contributed by atoms with E-state index < -0.39 is 10.0 Å². The lowest BCUT2D eigenvalue weighted by molar-refractivity contribution is 0.102. The van der Waals surface area contributed by atoms with Gasteiger partial charge in [-0.25, -0.2) is 13.4 Å². The molecule has 8 nitrogen and oxygen atoms in total. The van der Waals surface area contributed by atoms with Crippen LogP contribution < -0.4 is 14.8 Å². The zero-order chi connectivity index (χ0) is 21.4. The molecule has 0 spiro atoms. The van der Waals surface area contributed by atoms with Crippen molar-refractivity contribution in [3.05, 3.63) is 42.0 Å². The van der Waals surface area contributed by atoms with Gasteiger partial charge in [-0.2, -0.15) is 4.31 Å². The van der Waals surface area contributed by atoms with Crippen molar-refractivity contribution >= 4 is 42.6 Å². The summed E-state index contributed by atoms with van der Waals surface area (Å²) < 4.78 is 38.9. The first-order valence-corrected chi connectivity index (χ1v) is 12.4. The Morgan fingerprint density at radius 2 is 1.68 bits per heavy atom. The van der Waals surface area contributed by atoms with E-state index in [1.807, 2.05) is 6.07 Å². The summed E-state index contributed by atoms with van der Waals surface area (Å²) in [4.78, 5) is 17.3. The quantitative estimate of drug-likeness (QED) is 0.637. The summed E-state index contributed by atoms with van der Waals surface area (Å²) in [6, 6.07) is 9.67. The number of hydrogen-bond acceptors (Lipinski definition) is 7. The number of hydrogen-bond donors (Lipinski definition) is 1. The van der Waals surface area contributed by atoms with E-state index >= 15 is 0 Å². The lowest BCUT2D eigenvalue weighted by atomic mass is 10.2. The summed E-state index contributed by atoms with van der Waals surface area (Å²) in [5, 5.41) is 3.23. The zero-order valence-electron chi connectivity index (χ0n) is 16.7. The van der Waals surface area contributed by atoms with Crippen molar-refractivity contribution in [2.75, 3.05) is 25.2 Å². The summed E-state index contributed by atoms with van der Waals surface area (Å²) in [6.07, 6.45) is 3.87. The third-order valence-corrected chi connectivity index (χ3v) is 8.27. The summed E-state index contributed by atoms with van der Waals surface area (Å²) in [7, 11) is -3.54. The van der Waals surface area contributed by atoms with Crippen molar-refractivity contribution in [1.29, 1.82) is 0 Å². The number of anilines is 1. The molecule has 0 unspecified atom stereocenters. The van der Waals surface area contributed by atoms with Crippen molar-refractivity contribution in [3.8, 4) is 11.5 Å². The topological polar surface area (TPSA) is 97.8 Å². The van der Waals surface area contributed by atoms with Gasteiger partial charge in [-0.15, -0.1) is 0 Å². The van der Waals surface area contributed by atoms with Crippen LogP contribution in [0, 0.1) is 0 Å². The minimum atomic E-state index is -3.54. The van der Waals surface area contributed by atoms with Gasteiger partial charge in [-0.05, 0) is 37.1 Å². The van der Waals surface area contributed by atoms with Gasteiger partial charge in [0.2, 0.25) is 16.8 Å². The molecule has 2 aliphatic rings. The van der Waals surface area contributed by atoms with Crippen LogP contribution in [0.4, 0.5) is 5.13 Å². The highest BCUT2D eigenvalue weighted by Gasteiger charge is 2.25. The second kappa shape index (κ2) is 8.10. The van der Waals surface area contributed by atoms with Gasteiger partial charge in [0.25, 0.3) is 5.91 Å². The lowest BCUT2D eigenvalue weighted by Crippen LogP contribution is -2.31. The van der Waals surface area contributed by atoms with Crippen molar-refractivity contribution in [1.82, 2.24) is 9.29 Å². The van der Waals surface area contributed by atoms with E-state index in [1.165, 1.54) is 35.6 Å². The molecule has 0 radical (unpaired) electrons. The van der Waals surface area contributed by atoms with Gasteiger partial charge in [-0.1, -0.05) is 24.2 Å². The summed E-state index contributed by atoms with van der Waals surface area (Å²) in [6.45, 7) is 1.28. The van der Waals surface area contributed by atoms with Crippen molar-refractivity contribution in [2.45, 2.75) is 30.6 Å². The highest BCUT2D eigenvalue weighted by Crippen LogP contribution is 2.39. The second-order valence-electron chi connectivity index (χ2n) is 7.49. The summed E-state index contributed by atoms with van der Waals surface area (Å²) in [5.74, 6) is 0.949. The van der Waals surface area contributed by atoms with Gasteiger partial charge in [0.1, 0.15) is 0 Å². The van der Waals surface area contributed by atoms with E-state index in [0.717, 1.165) is 30.4 Å². The standard InChI is InChI=1S/C21H21N3O5S2/c25-20(23-21-22-16-11-17-18(29-13-28-17)12-19(16)30-21)14-5-7-15(8-6-14)31(26,27)24-9-3-1-2-4-10-24/h5-8,11-12H,1-4,9-10,13H2,(H,22,23,25). The van der Waals surface area contributed by atoms with Crippen LogP contribution in [0.2, 0.25) is 0 Å². The number of aromatic nitrogens is 1. The van der Waals surface area contributed by atoms with Gasteiger partial charge in [0.15, 0.2) is 16.6 Å². The molecule has 10 heteroatoms. The molecule has 162 valence electrons. The number of ether oxygens (including phenoxy) is 2. The zero-order valence-corrected chi connectivity index (χ0v) is 18.3. The number of rotatable bonds is 4. The van der Waals surface area contributed by atoms with E-state index in [-0.39, 0.29) is 17.6 Å². The smallest absolute Gasteiger partial charge is 0.257 e. The third-order valence-electron chi connectivity index (χ3n) is 5.42. The first-order chi connectivity index (χ1) is 15.0. The van der Waals surface area contributed by atoms with E-state index in [9.17, 15) is 13.2 Å². The lowest BCUT2D eigenvalue weighted by Gasteiger charge is -2.20. The van der Waals surface area contributed by atoms with Gasteiger partial charge in [0, 0.05) is 30.8 Å². The van der Waals surface area contributed by atoms with Gasteiger partial charge in [0.05, 0.1) is 15.1 Å². The Labute approximate surface area is 183 Å². The maximum atomic E-state index is 12.9. The van der Waals surface area contributed by atoms with Crippen molar-refractivity contribution in [2.24, 2.45) is 0 Å². The molecule has 5 rings (SSSR count). The number of carbonyl (C=O) groups excluding carboxylic acids is 1. The Morgan fingerprint density at radius 1 is 1.00 bits per heavy atom. The van der Waals surface area contributed by atoms with Crippen LogP contribution in [0.25, 0.3) is 10.2 Å². The van der Waals surface area contributed by atoms with Crippen LogP contribution in [0.1, 0.15) is 36.0 Å². The first-order valence-electron chi connectivity index (χ1n) is 10.1. The fourth-order valence-corrected chi connectivity index (χ4v) is 6.14. The Morgan fingerprint density at radius 3 is 2.39 bits per heavy atom. The molecule has 1 amide bonds. The number of nitrogens with one attached hydrogen (secondary N) is 1. The number of sulfonamides is 1. The van der Waals surface area contributed by atoms with Gasteiger partial charge in [-0.3, -0.25) is 10.1 Å². The van der Waals surface area contributed by atoms with Crippen LogP contribution in [-0.2, 0) is 10.0 Å². The molecule has 1 aromatic heterocycles. The fraction of sp³-hybridized carbons (Fsp3) is 0.333. The molecule has 2 aromatic carbocycles. The molecule has 0 bridgehead atoms. The highest BCUT2D eigenvalue weighted by molar-refractivity contribution is 7.89. The molecule has 1 fully saturated rings. The molecule has 3 aromatic rings. The number of thiazole rings is 1. The van der Waals surface area contributed by atoms with Gasteiger partial charge >= 0.3 is 0 Å². The average molecular weight is 460 g/mol. The van der Waals surface area contributed by atoms with E-state index in [1.54, 1.807) is 10.4 Å². The molecule has 0 aliphatic carbocycles.